The topological polar surface area (TPSA) is 55.4 Å². The molecule has 2 unspecified atom stereocenters. The normalized spacial score (nSPS) is 18.1. The van der Waals surface area contributed by atoms with Crippen LogP contribution in [-0.2, 0) is 14.2 Å². The van der Waals surface area contributed by atoms with Crippen LogP contribution in [0.3, 0.4) is 0 Å². The van der Waals surface area contributed by atoms with Gasteiger partial charge < -0.3 is 28.4 Å². The van der Waals surface area contributed by atoms with E-state index in [9.17, 15) is 0 Å². The van der Waals surface area contributed by atoms with Gasteiger partial charge in [-0.1, -0.05) is 62.4 Å². The van der Waals surface area contributed by atoms with Gasteiger partial charge in [-0.15, -0.1) is 0 Å². The smallest absolute Gasteiger partial charge is 0.203 e. The summed E-state index contributed by atoms with van der Waals surface area (Å²) in [5.41, 5.74) is 4.15. The third-order valence-electron chi connectivity index (χ3n) is 6.51. The molecule has 0 bridgehead atoms. The molecule has 2 aromatic rings. The largest absolute Gasteiger partial charge is 0.498 e. The van der Waals surface area contributed by atoms with Crippen LogP contribution in [0.2, 0.25) is 0 Å². The fourth-order valence-corrected chi connectivity index (χ4v) is 4.14. The fraction of sp³-hybridized carbons (Fsp3) is 0.394. The highest BCUT2D eigenvalue weighted by atomic mass is 16.6. The van der Waals surface area contributed by atoms with Crippen molar-refractivity contribution in [2.24, 2.45) is 0 Å². The molecule has 0 saturated heterocycles. The van der Waals surface area contributed by atoms with E-state index in [0.29, 0.717) is 23.9 Å². The molecule has 0 radical (unpaired) electrons. The van der Waals surface area contributed by atoms with Crippen molar-refractivity contribution in [3.05, 3.63) is 82.6 Å². The van der Waals surface area contributed by atoms with Crippen molar-refractivity contribution < 1.29 is 28.4 Å². The predicted molar refractivity (Wildman–Crippen MR) is 158 cm³/mol. The van der Waals surface area contributed by atoms with Gasteiger partial charge in [0.15, 0.2) is 11.5 Å². The van der Waals surface area contributed by atoms with Crippen molar-refractivity contribution in [2.75, 3.05) is 35.0 Å². The molecule has 6 heteroatoms. The Morgan fingerprint density at radius 3 is 1.90 bits per heavy atom. The van der Waals surface area contributed by atoms with Gasteiger partial charge in [-0.3, -0.25) is 0 Å². The summed E-state index contributed by atoms with van der Waals surface area (Å²) in [6.45, 7) is 6.83. The van der Waals surface area contributed by atoms with E-state index in [1.807, 2.05) is 24.3 Å². The Morgan fingerprint density at radius 1 is 0.795 bits per heavy atom. The molecule has 0 aliphatic heterocycles. The van der Waals surface area contributed by atoms with Gasteiger partial charge in [0.1, 0.15) is 18.0 Å². The van der Waals surface area contributed by atoms with Crippen LogP contribution < -0.4 is 14.2 Å². The third-order valence-corrected chi connectivity index (χ3v) is 6.51. The van der Waals surface area contributed by atoms with Crippen molar-refractivity contribution in [2.45, 2.75) is 51.9 Å². The zero-order chi connectivity index (χ0) is 28.2. The van der Waals surface area contributed by atoms with Crippen molar-refractivity contribution in [3.63, 3.8) is 0 Å². The van der Waals surface area contributed by atoms with Crippen LogP contribution in [0, 0.1) is 0 Å². The average Bonchev–Trinajstić information content (AvgIpc) is 2.98. The molecule has 3 atom stereocenters. The Labute approximate surface area is 233 Å². The first-order valence-corrected chi connectivity index (χ1v) is 13.5. The molecule has 0 saturated carbocycles. The van der Waals surface area contributed by atoms with Gasteiger partial charge >= 0.3 is 0 Å². The summed E-state index contributed by atoms with van der Waals surface area (Å²) in [5.74, 6) is 2.70. The van der Waals surface area contributed by atoms with Gasteiger partial charge in [-0.05, 0) is 66.3 Å². The van der Waals surface area contributed by atoms with Gasteiger partial charge in [0.05, 0.1) is 34.0 Å². The Balaban J connectivity index is 1.72. The lowest BCUT2D eigenvalue weighted by Crippen LogP contribution is -2.36. The quantitative estimate of drug-likeness (QED) is 0.236. The maximum absolute atomic E-state index is 6.16. The second kappa shape index (κ2) is 15.2. The number of ether oxygens (including phenoxy) is 6. The lowest BCUT2D eigenvalue weighted by atomic mass is 9.98. The number of hydrogen-bond acceptors (Lipinski definition) is 6. The summed E-state index contributed by atoms with van der Waals surface area (Å²) in [6.07, 6.45) is 13.8. The van der Waals surface area contributed by atoms with Gasteiger partial charge in [-0.2, -0.15) is 0 Å². The second-order valence-electron chi connectivity index (χ2n) is 9.33. The molecule has 0 aromatic heterocycles. The Morgan fingerprint density at radius 2 is 1.38 bits per heavy atom. The van der Waals surface area contributed by atoms with Crippen LogP contribution in [0.25, 0.3) is 18.2 Å². The van der Waals surface area contributed by atoms with E-state index in [-0.39, 0.29) is 18.3 Å². The monoisotopic (exact) mass is 534 g/mol. The van der Waals surface area contributed by atoms with Crippen LogP contribution in [0.1, 0.15) is 50.3 Å². The second-order valence-corrected chi connectivity index (χ2v) is 9.33. The molecule has 0 amide bonds. The summed E-state index contributed by atoms with van der Waals surface area (Å²) >= 11 is 0. The standard InChI is InChI=1S/C33H42O6/c1-8-18-38-32-28(34-4)19-26(20-29(32)35-5)16-14-24-10-12-25(13-11-24)15-17-27-21-30(36-6)33(31(22-27)37-7)39-23(3)9-2/h10-17,19-23,30,33H,8-9,18H2,1-7H3/b16-14+,17-15+/t23?,30?,33-/m1/s1. The predicted octanol–water partition coefficient (Wildman–Crippen LogP) is 7.35. The molecular formula is C33H42O6. The first kappa shape index (κ1) is 30.1. The number of benzene rings is 2. The zero-order valence-corrected chi connectivity index (χ0v) is 24.2. The number of rotatable bonds is 14. The van der Waals surface area contributed by atoms with E-state index in [2.05, 4.69) is 69.3 Å². The molecule has 0 spiro atoms. The highest BCUT2D eigenvalue weighted by Crippen LogP contribution is 2.39. The molecule has 1 aliphatic carbocycles. The maximum atomic E-state index is 6.16. The molecule has 0 heterocycles. The molecule has 39 heavy (non-hydrogen) atoms. The Bertz CT molecular complexity index is 1150. The fourth-order valence-electron chi connectivity index (χ4n) is 4.14. The highest BCUT2D eigenvalue weighted by molar-refractivity contribution is 5.73. The lowest BCUT2D eigenvalue weighted by Gasteiger charge is -2.31. The summed E-state index contributed by atoms with van der Waals surface area (Å²) in [5, 5.41) is 0. The minimum atomic E-state index is -0.252. The summed E-state index contributed by atoms with van der Waals surface area (Å²) in [7, 11) is 6.64. The van der Waals surface area contributed by atoms with Crippen LogP contribution in [0.5, 0.6) is 17.2 Å². The summed E-state index contributed by atoms with van der Waals surface area (Å²) in [6, 6.07) is 12.3. The van der Waals surface area contributed by atoms with Gasteiger partial charge in [0, 0.05) is 7.11 Å². The Hall–Kier alpha value is -3.48. The third kappa shape index (κ3) is 8.25. The number of hydrogen-bond donors (Lipinski definition) is 0. The summed E-state index contributed by atoms with van der Waals surface area (Å²) < 4.78 is 34.4. The first-order chi connectivity index (χ1) is 19.0. The molecular weight excluding hydrogens is 492 g/mol. The van der Waals surface area contributed by atoms with Gasteiger partial charge in [0.2, 0.25) is 5.75 Å². The van der Waals surface area contributed by atoms with E-state index in [1.54, 1.807) is 28.4 Å². The molecule has 3 rings (SSSR count). The van der Waals surface area contributed by atoms with E-state index < -0.39 is 0 Å². The van der Waals surface area contributed by atoms with Crippen molar-refractivity contribution in [1.29, 1.82) is 0 Å². The average molecular weight is 535 g/mol. The lowest BCUT2D eigenvalue weighted by molar-refractivity contribution is -0.0714. The van der Waals surface area contributed by atoms with Crippen LogP contribution in [0.4, 0.5) is 0 Å². The van der Waals surface area contributed by atoms with Crippen LogP contribution in [0.15, 0.2) is 66.0 Å². The molecule has 2 aromatic carbocycles. The van der Waals surface area contributed by atoms with E-state index >= 15 is 0 Å². The van der Waals surface area contributed by atoms with Crippen LogP contribution in [-0.4, -0.2) is 53.4 Å². The van der Waals surface area contributed by atoms with E-state index in [4.69, 9.17) is 28.4 Å². The molecule has 6 nitrogen and oxygen atoms in total. The first-order valence-electron chi connectivity index (χ1n) is 13.5. The Kier molecular flexibility index (Phi) is 11.7. The van der Waals surface area contributed by atoms with Crippen molar-refractivity contribution in [3.8, 4) is 17.2 Å². The minimum Gasteiger partial charge on any atom is -0.498 e. The zero-order valence-electron chi connectivity index (χ0n) is 24.2. The molecule has 1 aliphatic rings. The maximum Gasteiger partial charge on any atom is 0.203 e. The molecule has 0 N–H and O–H groups in total. The summed E-state index contributed by atoms with van der Waals surface area (Å²) in [4.78, 5) is 0. The SMILES string of the molecule is CCCOc1c(OC)cc(/C=C/c2ccc(/C=C/C3=CC(OC)[C@@H](OC(C)CC)C(OC)=C3)cc2)cc1OC. The minimum absolute atomic E-state index is 0.118. The molecule has 0 fully saturated rings. The number of methoxy groups -OCH3 is 4. The number of allylic oxidation sites excluding steroid dienone is 3. The van der Waals surface area contributed by atoms with Gasteiger partial charge in [-0.25, -0.2) is 0 Å². The van der Waals surface area contributed by atoms with Crippen molar-refractivity contribution in [1.82, 2.24) is 0 Å². The van der Waals surface area contributed by atoms with Crippen LogP contribution >= 0.6 is 0 Å². The highest BCUT2D eigenvalue weighted by Gasteiger charge is 2.30. The van der Waals surface area contributed by atoms with Gasteiger partial charge in [0.25, 0.3) is 0 Å². The van der Waals surface area contributed by atoms with E-state index in [1.165, 1.54) is 0 Å². The van der Waals surface area contributed by atoms with E-state index in [0.717, 1.165) is 40.9 Å². The van der Waals surface area contributed by atoms with Crippen molar-refractivity contribution >= 4 is 18.2 Å². The molecule has 210 valence electrons.